The van der Waals surface area contributed by atoms with Crippen LogP contribution in [0.25, 0.3) is 0 Å². The molecule has 1 aliphatic rings. The predicted molar refractivity (Wildman–Crippen MR) is 62.8 cm³/mol. The highest BCUT2D eigenvalue weighted by molar-refractivity contribution is 6.30. The van der Waals surface area contributed by atoms with E-state index in [-0.39, 0.29) is 18.9 Å². The summed E-state index contributed by atoms with van der Waals surface area (Å²) in [4.78, 5) is 24.0. The van der Waals surface area contributed by atoms with Crippen molar-refractivity contribution < 1.29 is 14.3 Å². The lowest BCUT2D eigenvalue weighted by Gasteiger charge is -2.14. The lowest BCUT2D eigenvalue weighted by atomic mass is 10.2. The molecule has 0 spiro atoms. The number of likely N-dealkylation sites (tertiary alicyclic amines) is 1. The first kappa shape index (κ1) is 11.9. The number of nitrogens with zero attached hydrogens (tertiary/aromatic N) is 1. The second-order valence-electron chi connectivity index (χ2n) is 3.89. The third-order valence-corrected chi connectivity index (χ3v) is 2.81. The summed E-state index contributed by atoms with van der Waals surface area (Å²) < 4.78 is 5.09. The van der Waals surface area contributed by atoms with Crippen molar-refractivity contribution in [1.29, 1.82) is 0 Å². The van der Waals surface area contributed by atoms with Gasteiger partial charge in [0.15, 0.2) is 5.78 Å². The monoisotopic (exact) mass is 253 g/mol. The van der Waals surface area contributed by atoms with Gasteiger partial charge in [-0.25, -0.2) is 4.79 Å². The molecule has 0 atom stereocenters. The predicted octanol–water partition coefficient (Wildman–Crippen LogP) is 2.25. The van der Waals surface area contributed by atoms with E-state index in [2.05, 4.69) is 0 Å². The Morgan fingerprint density at radius 1 is 1.35 bits per heavy atom. The van der Waals surface area contributed by atoms with Crippen LogP contribution in [0.3, 0.4) is 0 Å². The summed E-state index contributed by atoms with van der Waals surface area (Å²) in [5.41, 5.74) is 0.869. The Bertz CT molecular complexity index is 430. The summed E-state index contributed by atoms with van der Waals surface area (Å²) in [5.74, 6) is 0.0773. The normalized spacial score (nSPS) is 15.1. The molecule has 1 aromatic carbocycles. The number of Topliss-reactive ketones (excluding diaryl/α,β-unsaturated/α-hetero) is 1. The summed E-state index contributed by atoms with van der Waals surface area (Å²) >= 11 is 5.74. The third kappa shape index (κ3) is 3.20. The number of carbonyl (C=O) groups excluding carboxylic acids is 2. The maximum Gasteiger partial charge on any atom is 0.410 e. The topological polar surface area (TPSA) is 46.6 Å². The van der Waals surface area contributed by atoms with Gasteiger partial charge in [0, 0.05) is 18.0 Å². The number of amides is 1. The first-order chi connectivity index (χ1) is 8.15. The third-order valence-electron chi connectivity index (χ3n) is 2.56. The van der Waals surface area contributed by atoms with Crippen molar-refractivity contribution in [2.45, 2.75) is 13.0 Å². The Kier molecular flexibility index (Phi) is 3.64. The minimum absolute atomic E-state index is 0.0773. The van der Waals surface area contributed by atoms with E-state index in [1.54, 1.807) is 24.3 Å². The summed E-state index contributed by atoms with van der Waals surface area (Å²) in [6, 6.07) is 7.07. The van der Waals surface area contributed by atoms with Crippen molar-refractivity contribution in [1.82, 2.24) is 4.90 Å². The molecule has 0 aliphatic carbocycles. The highest BCUT2D eigenvalue weighted by Crippen LogP contribution is 2.12. The van der Waals surface area contributed by atoms with Crippen LogP contribution in [0.4, 0.5) is 4.79 Å². The number of halogens is 1. The van der Waals surface area contributed by atoms with Crippen molar-refractivity contribution in [3.63, 3.8) is 0 Å². The minimum atomic E-state index is -0.439. The zero-order valence-electron chi connectivity index (χ0n) is 9.19. The van der Waals surface area contributed by atoms with E-state index < -0.39 is 6.09 Å². The molecule has 0 bridgehead atoms. The summed E-state index contributed by atoms with van der Waals surface area (Å²) in [6.07, 6.45) is -0.0124. The van der Waals surface area contributed by atoms with Crippen LogP contribution in [0, 0.1) is 0 Å². The van der Waals surface area contributed by atoms with E-state index in [0.29, 0.717) is 18.0 Å². The molecule has 0 radical (unpaired) electrons. The Hall–Kier alpha value is -1.55. The molecule has 17 heavy (non-hydrogen) atoms. The molecule has 1 saturated heterocycles. The van der Waals surface area contributed by atoms with E-state index in [9.17, 15) is 9.59 Å². The molecule has 2 rings (SSSR count). The van der Waals surface area contributed by atoms with Gasteiger partial charge in [0.1, 0.15) is 6.61 Å². The highest BCUT2D eigenvalue weighted by Gasteiger charge is 2.24. The fourth-order valence-electron chi connectivity index (χ4n) is 1.60. The molecule has 1 heterocycles. The van der Waals surface area contributed by atoms with Gasteiger partial charge in [0.2, 0.25) is 0 Å². The molecule has 0 saturated carbocycles. The molecular weight excluding hydrogens is 242 g/mol. The summed E-state index contributed by atoms with van der Waals surface area (Å²) in [6.45, 7) is 0.818. The molecule has 1 fully saturated rings. The molecule has 1 aromatic rings. The van der Waals surface area contributed by atoms with Crippen molar-refractivity contribution in [2.75, 3.05) is 13.1 Å². The van der Waals surface area contributed by atoms with E-state index in [4.69, 9.17) is 16.3 Å². The Morgan fingerprint density at radius 3 is 2.65 bits per heavy atom. The first-order valence-corrected chi connectivity index (χ1v) is 5.71. The fourth-order valence-corrected chi connectivity index (χ4v) is 1.73. The van der Waals surface area contributed by atoms with Gasteiger partial charge in [0.25, 0.3) is 0 Å². The molecule has 0 N–H and O–H groups in total. The zero-order chi connectivity index (χ0) is 12.3. The highest BCUT2D eigenvalue weighted by atomic mass is 35.5. The molecule has 1 amide bonds. The van der Waals surface area contributed by atoms with Crippen molar-refractivity contribution in [3.8, 4) is 0 Å². The van der Waals surface area contributed by atoms with Gasteiger partial charge in [-0.2, -0.15) is 0 Å². The summed E-state index contributed by atoms with van der Waals surface area (Å²) in [5, 5.41) is 0.644. The zero-order valence-corrected chi connectivity index (χ0v) is 9.94. The molecule has 0 aromatic heterocycles. The smallest absolute Gasteiger partial charge is 0.410 e. The molecular formula is C12H12ClNO3. The number of hydrogen-bond donors (Lipinski definition) is 0. The van der Waals surface area contributed by atoms with Gasteiger partial charge in [-0.05, 0) is 17.7 Å². The molecule has 5 heteroatoms. The molecule has 1 aliphatic heterocycles. The maximum atomic E-state index is 11.6. The number of ketones is 1. The Morgan fingerprint density at radius 2 is 2.06 bits per heavy atom. The van der Waals surface area contributed by atoms with E-state index in [1.165, 1.54) is 4.90 Å². The number of rotatable bonds is 2. The van der Waals surface area contributed by atoms with Crippen LogP contribution in [-0.4, -0.2) is 29.9 Å². The second-order valence-corrected chi connectivity index (χ2v) is 4.33. The van der Waals surface area contributed by atoms with E-state index >= 15 is 0 Å². The number of hydrogen-bond acceptors (Lipinski definition) is 3. The van der Waals surface area contributed by atoms with E-state index in [0.717, 1.165) is 5.56 Å². The van der Waals surface area contributed by atoms with Crippen LogP contribution < -0.4 is 0 Å². The maximum absolute atomic E-state index is 11.6. The van der Waals surface area contributed by atoms with Crippen molar-refractivity contribution >= 4 is 23.5 Å². The first-order valence-electron chi connectivity index (χ1n) is 5.33. The lowest BCUT2D eigenvalue weighted by molar-refractivity contribution is -0.116. The van der Waals surface area contributed by atoms with E-state index in [1.807, 2.05) is 0 Å². The average molecular weight is 254 g/mol. The van der Waals surface area contributed by atoms with Gasteiger partial charge in [-0.1, -0.05) is 23.7 Å². The fraction of sp³-hybridized carbons (Fsp3) is 0.333. The Labute approximate surface area is 104 Å². The van der Waals surface area contributed by atoms with Crippen LogP contribution in [0.5, 0.6) is 0 Å². The van der Waals surface area contributed by atoms with Crippen molar-refractivity contribution in [2.24, 2.45) is 0 Å². The van der Waals surface area contributed by atoms with Gasteiger partial charge < -0.3 is 9.64 Å². The van der Waals surface area contributed by atoms with Gasteiger partial charge in [-0.3, -0.25) is 4.79 Å². The SMILES string of the molecule is O=C1CCN(C(=O)OCc2ccc(Cl)cc2)C1. The second kappa shape index (κ2) is 5.19. The quantitative estimate of drug-likeness (QED) is 0.812. The largest absolute Gasteiger partial charge is 0.445 e. The molecule has 4 nitrogen and oxygen atoms in total. The van der Waals surface area contributed by atoms with Crippen LogP contribution in [0.1, 0.15) is 12.0 Å². The lowest BCUT2D eigenvalue weighted by Crippen LogP contribution is -2.29. The number of carbonyl (C=O) groups is 2. The number of ether oxygens (including phenoxy) is 1. The average Bonchev–Trinajstić information content (AvgIpc) is 2.75. The van der Waals surface area contributed by atoms with Crippen LogP contribution in [0.2, 0.25) is 5.02 Å². The molecule has 0 unspecified atom stereocenters. The van der Waals surface area contributed by atoms with Gasteiger partial charge in [-0.15, -0.1) is 0 Å². The van der Waals surface area contributed by atoms with Gasteiger partial charge in [0.05, 0.1) is 6.54 Å². The van der Waals surface area contributed by atoms with Crippen molar-refractivity contribution in [3.05, 3.63) is 34.9 Å². The Balaban J connectivity index is 1.84. The van der Waals surface area contributed by atoms with Crippen LogP contribution in [0.15, 0.2) is 24.3 Å². The minimum Gasteiger partial charge on any atom is -0.445 e. The molecule has 90 valence electrons. The number of benzene rings is 1. The van der Waals surface area contributed by atoms with Crippen LogP contribution >= 0.6 is 11.6 Å². The van der Waals surface area contributed by atoms with Crippen LogP contribution in [-0.2, 0) is 16.1 Å². The van der Waals surface area contributed by atoms with Gasteiger partial charge >= 0.3 is 6.09 Å². The standard InChI is InChI=1S/C12H12ClNO3/c13-10-3-1-9(2-4-10)8-17-12(16)14-6-5-11(15)7-14/h1-4H,5-8H2. The summed E-state index contributed by atoms with van der Waals surface area (Å²) in [7, 11) is 0.